The molecule has 0 heterocycles. The van der Waals surface area contributed by atoms with Crippen molar-refractivity contribution in [2.75, 3.05) is 0 Å². The lowest BCUT2D eigenvalue weighted by atomic mass is 9.94. The molecule has 1 N–H and O–H groups in total. The fourth-order valence-corrected chi connectivity index (χ4v) is 1.85. The van der Waals surface area contributed by atoms with Gasteiger partial charge in [-0.3, -0.25) is 0 Å². The Bertz CT molecular complexity index is 344. The van der Waals surface area contributed by atoms with Gasteiger partial charge in [0.2, 0.25) is 0 Å². The molecule has 1 heteroatoms. The highest BCUT2D eigenvalue weighted by Crippen LogP contribution is 2.21. The van der Waals surface area contributed by atoms with Crippen molar-refractivity contribution in [2.45, 2.75) is 46.1 Å². The van der Waals surface area contributed by atoms with Gasteiger partial charge >= 0.3 is 0 Å². The van der Waals surface area contributed by atoms with Crippen LogP contribution in [0.5, 0.6) is 0 Å². The average molecular weight is 218 g/mol. The molecule has 0 aliphatic carbocycles. The van der Waals surface area contributed by atoms with Gasteiger partial charge in [-0.25, -0.2) is 0 Å². The molecule has 1 aromatic rings. The van der Waals surface area contributed by atoms with E-state index in [2.05, 4.69) is 38.1 Å². The first-order valence-electron chi connectivity index (χ1n) is 5.88. The molecular formula is C15H22O. The standard InChI is InChI=1S/C15H22O/c1-11(2)9-15(16)10-13(4)14-7-5-12(3)6-8-14/h5-9,13,15-16H,10H2,1-4H3/t13-,15?/m0/s1. The van der Waals surface area contributed by atoms with Crippen LogP contribution in [-0.4, -0.2) is 11.2 Å². The zero-order chi connectivity index (χ0) is 12.1. The Morgan fingerprint density at radius 3 is 2.31 bits per heavy atom. The molecule has 0 aromatic heterocycles. The maximum atomic E-state index is 9.83. The fraction of sp³-hybridized carbons (Fsp3) is 0.467. The van der Waals surface area contributed by atoms with E-state index >= 15 is 0 Å². The molecule has 0 spiro atoms. The van der Waals surface area contributed by atoms with E-state index in [0.29, 0.717) is 5.92 Å². The van der Waals surface area contributed by atoms with Crippen LogP contribution in [0.15, 0.2) is 35.9 Å². The van der Waals surface area contributed by atoms with E-state index in [0.717, 1.165) is 6.42 Å². The molecular weight excluding hydrogens is 196 g/mol. The van der Waals surface area contributed by atoms with Gasteiger partial charge in [0, 0.05) is 0 Å². The first kappa shape index (κ1) is 13.0. The van der Waals surface area contributed by atoms with Gasteiger partial charge < -0.3 is 5.11 Å². The van der Waals surface area contributed by atoms with Crippen molar-refractivity contribution >= 4 is 0 Å². The Kier molecular flexibility index (Phi) is 4.75. The van der Waals surface area contributed by atoms with Crippen LogP contribution >= 0.6 is 0 Å². The number of aliphatic hydroxyl groups excluding tert-OH is 1. The number of benzene rings is 1. The summed E-state index contributed by atoms with van der Waals surface area (Å²) >= 11 is 0. The number of hydrogen-bond acceptors (Lipinski definition) is 1. The molecule has 88 valence electrons. The van der Waals surface area contributed by atoms with Crippen LogP contribution in [0.25, 0.3) is 0 Å². The average Bonchev–Trinajstić information content (AvgIpc) is 2.16. The van der Waals surface area contributed by atoms with Gasteiger partial charge in [-0.15, -0.1) is 0 Å². The molecule has 0 saturated heterocycles. The third-order valence-corrected chi connectivity index (χ3v) is 2.77. The van der Waals surface area contributed by atoms with Gasteiger partial charge in [0.05, 0.1) is 6.10 Å². The topological polar surface area (TPSA) is 20.2 Å². The Labute approximate surface area is 98.8 Å². The zero-order valence-electron chi connectivity index (χ0n) is 10.7. The summed E-state index contributed by atoms with van der Waals surface area (Å²) in [5.74, 6) is 0.395. The maximum Gasteiger partial charge on any atom is 0.0729 e. The summed E-state index contributed by atoms with van der Waals surface area (Å²) < 4.78 is 0. The van der Waals surface area contributed by atoms with Gasteiger partial charge in [0.1, 0.15) is 0 Å². The maximum absolute atomic E-state index is 9.83. The molecule has 0 fully saturated rings. The SMILES string of the molecule is CC(C)=CC(O)C[C@H](C)c1ccc(C)cc1. The van der Waals surface area contributed by atoms with Gasteiger partial charge in [0.15, 0.2) is 0 Å². The molecule has 1 aromatic carbocycles. The highest BCUT2D eigenvalue weighted by molar-refractivity contribution is 5.24. The van der Waals surface area contributed by atoms with Crippen LogP contribution in [0.1, 0.15) is 44.2 Å². The summed E-state index contributed by atoms with van der Waals surface area (Å²) in [5.41, 5.74) is 3.75. The predicted molar refractivity (Wildman–Crippen MR) is 69.6 cm³/mol. The number of rotatable bonds is 4. The van der Waals surface area contributed by atoms with Crippen molar-refractivity contribution in [3.8, 4) is 0 Å². The van der Waals surface area contributed by atoms with Crippen LogP contribution < -0.4 is 0 Å². The molecule has 1 unspecified atom stereocenters. The number of aliphatic hydroxyl groups is 1. The lowest BCUT2D eigenvalue weighted by molar-refractivity contribution is 0.203. The summed E-state index contributed by atoms with van der Waals surface area (Å²) in [6.45, 7) is 8.28. The second kappa shape index (κ2) is 5.86. The third kappa shape index (κ3) is 4.19. The van der Waals surface area contributed by atoms with Gasteiger partial charge in [0.25, 0.3) is 0 Å². The van der Waals surface area contributed by atoms with Crippen LogP contribution in [-0.2, 0) is 0 Å². The molecule has 16 heavy (non-hydrogen) atoms. The Morgan fingerprint density at radius 2 is 1.81 bits per heavy atom. The lowest BCUT2D eigenvalue weighted by Crippen LogP contribution is -2.08. The molecule has 1 nitrogen and oxygen atoms in total. The van der Waals surface area contributed by atoms with E-state index in [9.17, 15) is 5.11 Å². The van der Waals surface area contributed by atoms with Gasteiger partial charge in [-0.2, -0.15) is 0 Å². The second-order valence-corrected chi connectivity index (χ2v) is 4.86. The minimum Gasteiger partial charge on any atom is -0.389 e. The largest absolute Gasteiger partial charge is 0.389 e. The lowest BCUT2D eigenvalue weighted by Gasteiger charge is -2.15. The van der Waals surface area contributed by atoms with Crippen molar-refractivity contribution < 1.29 is 5.11 Å². The van der Waals surface area contributed by atoms with Crippen molar-refractivity contribution in [3.05, 3.63) is 47.0 Å². The van der Waals surface area contributed by atoms with Crippen molar-refractivity contribution in [1.82, 2.24) is 0 Å². The highest BCUT2D eigenvalue weighted by Gasteiger charge is 2.09. The molecule has 0 radical (unpaired) electrons. The Morgan fingerprint density at radius 1 is 1.25 bits per heavy atom. The fourth-order valence-electron chi connectivity index (χ4n) is 1.85. The Balaban J connectivity index is 2.62. The van der Waals surface area contributed by atoms with E-state index in [1.165, 1.54) is 16.7 Å². The number of hydrogen-bond donors (Lipinski definition) is 1. The van der Waals surface area contributed by atoms with E-state index in [1.54, 1.807) is 0 Å². The summed E-state index contributed by atoms with van der Waals surface area (Å²) in [7, 11) is 0. The van der Waals surface area contributed by atoms with E-state index in [4.69, 9.17) is 0 Å². The molecule has 1 rings (SSSR count). The second-order valence-electron chi connectivity index (χ2n) is 4.86. The quantitative estimate of drug-likeness (QED) is 0.762. The van der Waals surface area contributed by atoms with Crippen molar-refractivity contribution in [1.29, 1.82) is 0 Å². The first-order chi connectivity index (χ1) is 7.49. The molecule has 0 aliphatic rings. The summed E-state index contributed by atoms with van der Waals surface area (Å²) in [5, 5.41) is 9.83. The highest BCUT2D eigenvalue weighted by atomic mass is 16.3. The molecule has 0 amide bonds. The smallest absolute Gasteiger partial charge is 0.0729 e. The normalized spacial score (nSPS) is 14.3. The van der Waals surface area contributed by atoms with Crippen molar-refractivity contribution in [2.24, 2.45) is 0 Å². The van der Waals surface area contributed by atoms with E-state index in [-0.39, 0.29) is 6.10 Å². The summed E-state index contributed by atoms with van der Waals surface area (Å²) in [6.07, 6.45) is 2.38. The minimum atomic E-state index is -0.332. The summed E-state index contributed by atoms with van der Waals surface area (Å²) in [6, 6.07) is 8.54. The third-order valence-electron chi connectivity index (χ3n) is 2.77. The van der Waals surface area contributed by atoms with E-state index < -0.39 is 0 Å². The summed E-state index contributed by atoms with van der Waals surface area (Å²) in [4.78, 5) is 0. The molecule has 0 bridgehead atoms. The van der Waals surface area contributed by atoms with Crippen LogP contribution in [0.4, 0.5) is 0 Å². The van der Waals surface area contributed by atoms with Crippen LogP contribution in [0.2, 0.25) is 0 Å². The van der Waals surface area contributed by atoms with Gasteiger partial charge in [-0.1, -0.05) is 48.4 Å². The predicted octanol–water partition coefficient (Wildman–Crippen LogP) is 3.82. The monoisotopic (exact) mass is 218 g/mol. The van der Waals surface area contributed by atoms with Crippen LogP contribution in [0.3, 0.4) is 0 Å². The number of aryl methyl sites for hydroxylation is 1. The first-order valence-corrected chi connectivity index (χ1v) is 5.88. The zero-order valence-corrected chi connectivity index (χ0v) is 10.7. The van der Waals surface area contributed by atoms with Crippen LogP contribution in [0, 0.1) is 6.92 Å². The minimum absolute atomic E-state index is 0.332. The molecule has 0 aliphatic heterocycles. The molecule has 2 atom stereocenters. The van der Waals surface area contributed by atoms with Gasteiger partial charge in [-0.05, 0) is 38.7 Å². The number of allylic oxidation sites excluding steroid dienone is 1. The molecule has 0 saturated carbocycles. The van der Waals surface area contributed by atoms with E-state index in [1.807, 2.05) is 19.9 Å². The Hall–Kier alpha value is -1.08. The van der Waals surface area contributed by atoms with Crippen molar-refractivity contribution in [3.63, 3.8) is 0 Å².